The van der Waals surface area contributed by atoms with E-state index in [0.717, 1.165) is 49.0 Å². The number of hydrogen-bond donors (Lipinski definition) is 15. The Morgan fingerprint density at radius 3 is 2.49 bits per heavy atom. The molecule has 0 unspecified atom stereocenters. The number of ether oxygens (including phenoxy) is 4. The molecule has 12 atom stereocenters. The van der Waals surface area contributed by atoms with Crippen LogP contribution < -0.4 is 47.1 Å². The van der Waals surface area contributed by atoms with E-state index in [-0.39, 0.29) is 40.9 Å². The van der Waals surface area contributed by atoms with Gasteiger partial charge in [-0.15, -0.1) is 0 Å². The highest BCUT2D eigenvalue weighted by molar-refractivity contribution is 5.89. The van der Waals surface area contributed by atoms with Crippen LogP contribution in [0.4, 0.5) is 5.82 Å². The molecule has 17 N–H and O–H groups in total. The van der Waals surface area contributed by atoms with Gasteiger partial charge in [0.2, 0.25) is 18.3 Å². The molecule has 5 aromatic rings. The van der Waals surface area contributed by atoms with Crippen LogP contribution in [0.1, 0.15) is 55.8 Å². The van der Waals surface area contributed by atoms with Gasteiger partial charge in [-0.25, -0.2) is 4.79 Å². The number of phenols is 2. The molecule has 1 saturated carbocycles. The third-order valence-corrected chi connectivity index (χ3v) is 16.0. The molecule has 75 heavy (non-hydrogen) atoms. The minimum atomic E-state index is -2.77. The van der Waals surface area contributed by atoms with Gasteiger partial charge >= 0.3 is 5.97 Å². The maximum absolute atomic E-state index is 14.1. The molecule has 3 fully saturated rings. The highest BCUT2D eigenvalue weighted by Gasteiger charge is 2.74. The van der Waals surface area contributed by atoms with Gasteiger partial charge in [0, 0.05) is 66.1 Å². The van der Waals surface area contributed by atoms with E-state index in [2.05, 4.69) is 20.9 Å². The maximum Gasteiger partial charge on any atom is 0.336 e. The number of hydrogen-bond acceptors (Lipinski definition) is 20. The second-order valence-electron chi connectivity index (χ2n) is 20.2. The van der Waals surface area contributed by atoms with Crippen LogP contribution in [0.5, 0.6) is 28.7 Å². The number of fused-ring (bicyclic) bond motifs is 5. The minimum Gasteiger partial charge on any atom is -0.508 e. The average Bonchev–Trinajstić information content (AvgIpc) is 4.19. The number of H-pyrrole nitrogens is 1. The van der Waals surface area contributed by atoms with Crippen LogP contribution in [0.25, 0.3) is 22.3 Å². The van der Waals surface area contributed by atoms with Crippen molar-refractivity contribution >= 4 is 22.8 Å². The number of nitrogens with two attached hydrogens (primary N) is 2. The predicted octanol–water partition coefficient (Wildman–Crippen LogP) is 1.69. The van der Waals surface area contributed by atoms with Crippen molar-refractivity contribution in [1.29, 1.82) is 0 Å². The number of benzene rings is 3. The largest absolute Gasteiger partial charge is 0.508 e. The molecule has 3 aliphatic heterocycles. The van der Waals surface area contributed by atoms with Crippen molar-refractivity contribution in [1.82, 2.24) is 20.9 Å². The van der Waals surface area contributed by atoms with Crippen LogP contribution in [0.2, 0.25) is 0 Å². The zero-order valence-electron chi connectivity index (χ0n) is 40.2. The zero-order valence-corrected chi connectivity index (χ0v) is 40.2. The number of carbonyl (C=O) groups is 1. The van der Waals surface area contributed by atoms with Crippen LogP contribution >= 0.6 is 0 Å². The number of aromatic hydroxyl groups is 2. The maximum atomic E-state index is 14.1. The first-order chi connectivity index (χ1) is 35.9. The second kappa shape index (κ2) is 18.9. The number of rotatable bonds is 14. The van der Waals surface area contributed by atoms with Crippen molar-refractivity contribution in [2.45, 2.75) is 86.3 Å². The number of aromatic nitrogens is 1. The van der Waals surface area contributed by atoms with Crippen molar-refractivity contribution in [2.24, 2.45) is 23.0 Å². The lowest BCUT2D eigenvalue weighted by Gasteiger charge is -2.61. The molecular weight excluding hydrogens is 977 g/mol. The Hall–Kier alpha value is -7.12. The van der Waals surface area contributed by atoms with Crippen LogP contribution in [0.3, 0.4) is 0 Å². The normalized spacial score (nSPS) is 30.3. The molecule has 22 heteroatoms. The summed E-state index contributed by atoms with van der Waals surface area (Å²) in [5.41, 5.74) is 7.77. The van der Waals surface area contributed by atoms with E-state index in [9.17, 15) is 55.5 Å². The minimum absolute atomic E-state index is 0.0110. The molecule has 3 aromatic carbocycles. The Morgan fingerprint density at radius 2 is 1.79 bits per heavy atom. The van der Waals surface area contributed by atoms with E-state index >= 15 is 0 Å². The summed E-state index contributed by atoms with van der Waals surface area (Å²) >= 11 is 0. The van der Waals surface area contributed by atoms with E-state index in [1.807, 2.05) is 6.08 Å². The summed E-state index contributed by atoms with van der Waals surface area (Å²) in [6, 6.07) is 16.0. The van der Waals surface area contributed by atoms with Gasteiger partial charge in [0.05, 0.1) is 12.4 Å². The highest BCUT2D eigenvalue weighted by Crippen LogP contribution is 2.66. The summed E-state index contributed by atoms with van der Waals surface area (Å²) in [7, 11) is 0. The van der Waals surface area contributed by atoms with Crippen LogP contribution in [-0.4, -0.2) is 125 Å². The van der Waals surface area contributed by atoms with Gasteiger partial charge in [0.15, 0.2) is 34.7 Å². The molecule has 0 spiro atoms. The topological polar surface area (TPSA) is 370 Å². The fourth-order valence-corrected chi connectivity index (χ4v) is 12.6. The third kappa shape index (κ3) is 8.24. The number of dihydropyridines is 1. The summed E-state index contributed by atoms with van der Waals surface area (Å²) in [6.45, 7) is 0.457. The SMILES string of the molecule is NC1=CC2=C(CC[C@H]3CCC[C@@]23C2=C[C@]3(O)[C@H](Oc4cc5oc(-c6ccc(O[C@@H](CO)[C@H](O)c7ccc(N)[nH]7)cc6)cc(=O)c5c(O)c4O[C@H](O)c4cccc(O)c4)O[C@H](C(=O)O)[C@](O)([C@H]2[C@@H]2CNCN2)[C@H]3O)CN1. The van der Waals surface area contributed by atoms with Crippen LogP contribution in [0.15, 0.2) is 117 Å². The third-order valence-electron chi connectivity index (χ3n) is 16.0. The summed E-state index contributed by atoms with van der Waals surface area (Å²) < 4.78 is 30.7. The fraction of sp³-hybridized carbons (Fsp3) is 0.396. The van der Waals surface area contributed by atoms with E-state index in [1.165, 1.54) is 54.6 Å². The highest BCUT2D eigenvalue weighted by atomic mass is 16.7. The Balaban J connectivity index is 1.03. The van der Waals surface area contributed by atoms with E-state index in [1.54, 1.807) is 12.1 Å². The number of anilines is 1. The number of aliphatic hydroxyl groups excluding tert-OH is 4. The van der Waals surface area contributed by atoms with Gasteiger partial charge in [-0.1, -0.05) is 24.1 Å². The van der Waals surface area contributed by atoms with Gasteiger partial charge in [-0.3, -0.25) is 10.1 Å². The number of allylic oxidation sites excluding steroid dienone is 2. The Morgan fingerprint density at radius 1 is 0.987 bits per heavy atom. The first-order valence-corrected chi connectivity index (χ1v) is 24.7. The second-order valence-corrected chi connectivity index (χ2v) is 20.2. The lowest BCUT2D eigenvalue weighted by molar-refractivity contribution is -0.345. The Labute approximate surface area is 427 Å². The lowest BCUT2D eigenvalue weighted by atomic mass is 9.50. The quantitative estimate of drug-likeness (QED) is 0.0556. The molecule has 0 radical (unpaired) electrons. The molecule has 2 aromatic heterocycles. The first kappa shape index (κ1) is 50.1. The van der Waals surface area contributed by atoms with Crippen molar-refractivity contribution < 1.29 is 74.1 Å². The molecule has 3 aliphatic carbocycles. The molecule has 2 bridgehead atoms. The summed E-state index contributed by atoms with van der Waals surface area (Å²) in [6.07, 6.45) is -4.28. The number of carboxylic acids is 1. The van der Waals surface area contributed by atoms with E-state index < -0.39 is 106 Å². The summed E-state index contributed by atoms with van der Waals surface area (Å²) in [4.78, 5) is 30.5. The molecule has 396 valence electrons. The molecular formula is C53H58N6O16. The lowest BCUT2D eigenvalue weighted by Crippen LogP contribution is -2.80. The van der Waals surface area contributed by atoms with Crippen molar-refractivity contribution in [3.05, 3.63) is 129 Å². The van der Waals surface area contributed by atoms with Gasteiger partial charge in [-0.05, 0) is 103 Å². The van der Waals surface area contributed by atoms with Crippen molar-refractivity contribution in [3.8, 4) is 40.1 Å². The number of phenolic OH excluding ortho intramolecular Hbond substituents is 2. The molecule has 5 heterocycles. The van der Waals surface area contributed by atoms with Crippen LogP contribution in [-0.2, 0) is 9.53 Å². The Kier molecular flexibility index (Phi) is 12.6. The fourth-order valence-electron chi connectivity index (χ4n) is 12.6. The van der Waals surface area contributed by atoms with Gasteiger partial charge in [-0.2, -0.15) is 0 Å². The standard InChI is InChI=1S/C53H58N6O16/c54-39-13-12-32(59-39)43(63)38(22-60)71-29-10-7-24(8-11-29)35-17-34(62)41-36(72-35)18-37(45(44(41)64)74-48(67)25-3-1-5-28(61)15-25)73-50-52(69)19-31(51-14-2-4-27(51)9-6-26-20-57-40(55)16-30(26)51)42(33-21-56-23-58-33)53(70,49(52)68)46(75-50)47(65)66/h1,3,5,7-8,10-13,15-19,27,33,38,42-43,46,48-50,56-61,63-64,67-70H,2,4,6,9,14,20-23,54-55H2,(H,65,66)/t27-,33+,38+,42-,43-,46-,48+,49+,50-,51+,52-,53-/m1/s1. The van der Waals surface area contributed by atoms with E-state index in [0.29, 0.717) is 48.1 Å². The van der Waals surface area contributed by atoms with E-state index in [4.69, 9.17) is 34.8 Å². The smallest absolute Gasteiger partial charge is 0.336 e. The summed E-state index contributed by atoms with van der Waals surface area (Å²) in [5.74, 6) is -4.48. The number of nitrogen functional groups attached to an aromatic ring is 1. The summed E-state index contributed by atoms with van der Waals surface area (Å²) in [5, 5.41) is 114. The molecule has 6 aliphatic rings. The predicted molar refractivity (Wildman–Crippen MR) is 265 cm³/mol. The number of aliphatic carboxylic acids is 1. The Bertz CT molecular complexity index is 3210. The average molecular weight is 1040 g/mol. The molecule has 0 amide bonds. The zero-order chi connectivity index (χ0) is 52.7. The molecule has 22 nitrogen and oxygen atoms in total. The molecule has 2 saturated heterocycles. The molecule has 11 rings (SSSR count). The number of aromatic amines is 1. The van der Waals surface area contributed by atoms with Gasteiger partial charge in [0.1, 0.15) is 51.9 Å². The number of aliphatic hydroxyl groups is 6. The van der Waals surface area contributed by atoms with Gasteiger partial charge in [0.25, 0.3) is 0 Å². The van der Waals surface area contributed by atoms with Crippen molar-refractivity contribution in [2.75, 3.05) is 32.1 Å². The monoisotopic (exact) mass is 1030 g/mol. The number of nitrogens with one attached hydrogen (secondary N) is 4. The number of carboxylic acid groups (broad SMARTS) is 1. The van der Waals surface area contributed by atoms with Gasteiger partial charge < -0.3 is 96.4 Å². The first-order valence-electron chi connectivity index (χ1n) is 24.7. The van der Waals surface area contributed by atoms with Crippen molar-refractivity contribution in [3.63, 3.8) is 0 Å². The van der Waals surface area contributed by atoms with Crippen LogP contribution in [0, 0.1) is 17.3 Å².